The summed E-state index contributed by atoms with van der Waals surface area (Å²) in [5.74, 6) is 0.483. The molecule has 0 saturated carbocycles. The lowest BCUT2D eigenvalue weighted by Crippen LogP contribution is -2.26. The molecule has 152 valence electrons. The van der Waals surface area contributed by atoms with Crippen LogP contribution < -0.4 is 19.5 Å². The average molecular weight is 405 g/mol. The molecule has 7 heteroatoms. The van der Waals surface area contributed by atoms with Crippen molar-refractivity contribution >= 4 is 17.6 Å². The molecular weight excluding hydrogens is 386 g/mol. The molecule has 30 heavy (non-hydrogen) atoms. The molecule has 1 amide bonds. The number of hydrogen-bond donors (Lipinski definition) is 1. The number of nitrogens with one attached hydrogen (secondary N) is 1. The maximum absolute atomic E-state index is 13.0. The van der Waals surface area contributed by atoms with Crippen molar-refractivity contribution < 1.29 is 28.5 Å². The second-order valence-corrected chi connectivity index (χ2v) is 6.49. The summed E-state index contributed by atoms with van der Waals surface area (Å²) in [5.41, 5.74) is 1.33. The summed E-state index contributed by atoms with van der Waals surface area (Å²) in [5, 5.41) is 2.77. The van der Waals surface area contributed by atoms with E-state index >= 15 is 0 Å². The molecule has 1 aliphatic heterocycles. The van der Waals surface area contributed by atoms with Crippen LogP contribution in [0.2, 0.25) is 0 Å². The van der Waals surface area contributed by atoms with E-state index in [1.54, 1.807) is 67.8 Å². The number of fused-ring (bicyclic) bond motifs is 1. The number of rotatable bonds is 6. The third-order valence-electron chi connectivity index (χ3n) is 4.51. The van der Waals surface area contributed by atoms with Gasteiger partial charge in [0.05, 0.1) is 12.7 Å². The van der Waals surface area contributed by atoms with Gasteiger partial charge < -0.3 is 24.3 Å². The molecule has 4 rings (SSSR count). The van der Waals surface area contributed by atoms with Crippen LogP contribution in [-0.2, 0) is 9.53 Å². The van der Waals surface area contributed by atoms with Crippen molar-refractivity contribution in [2.45, 2.75) is 6.10 Å². The Morgan fingerprint density at radius 1 is 0.933 bits per heavy atom. The van der Waals surface area contributed by atoms with E-state index < -0.39 is 18.0 Å². The molecule has 0 unspecified atom stereocenters. The van der Waals surface area contributed by atoms with E-state index in [2.05, 4.69) is 5.32 Å². The number of ether oxygens (including phenoxy) is 4. The number of hydrogen-bond acceptors (Lipinski definition) is 6. The minimum absolute atomic E-state index is 0.101. The number of methoxy groups -OCH3 is 1. The number of carbonyl (C=O) groups excluding carboxylic acids is 2. The molecule has 0 fully saturated rings. The van der Waals surface area contributed by atoms with Crippen LogP contribution in [0.25, 0.3) is 0 Å². The predicted octanol–water partition coefficient (Wildman–Crippen LogP) is 3.96. The zero-order chi connectivity index (χ0) is 20.9. The maximum atomic E-state index is 13.0. The fraction of sp³-hybridized carbons (Fsp3) is 0.130. The average Bonchev–Trinajstić information content (AvgIpc) is 3.26. The van der Waals surface area contributed by atoms with Gasteiger partial charge in [0.15, 0.2) is 11.5 Å². The Bertz CT molecular complexity index is 1070. The standard InChI is InChI=1S/C23H19NO6/c1-27-18-9-5-8-17(13-18)24-22(25)21(15-6-3-2-4-7-15)30-23(26)16-10-11-19-20(12-16)29-14-28-19/h2-13,21H,14H2,1H3,(H,24,25)/t21-/m0/s1. The third-order valence-corrected chi connectivity index (χ3v) is 4.51. The SMILES string of the molecule is COc1cccc(NC(=O)[C@@H](OC(=O)c2ccc3c(c2)OCO3)c2ccccc2)c1. The van der Waals surface area contributed by atoms with Crippen molar-refractivity contribution in [1.29, 1.82) is 0 Å². The first-order valence-electron chi connectivity index (χ1n) is 9.24. The van der Waals surface area contributed by atoms with Crippen LogP contribution in [0.3, 0.4) is 0 Å². The van der Waals surface area contributed by atoms with Gasteiger partial charge in [-0.05, 0) is 30.3 Å². The zero-order valence-corrected chi connectivity index (χ0v) is 16.2. The zero-order valence-electron chi connectivity index (χ0n) is 16.2. The molecule has 0 bridgehead atoms. The molecule has 0 radical (unpaired) electrons. The molecule has 1 aliphatic rings. The monoisotopic (exact) mass is 405 g/mol. The summed E-state index contributed by atoms with van der Waals surface area (Å²) >= 11 is 0. The molecule has 3 aromatic rings. The molecule has 0 aromatic heterocycles. The Hall–Kier alpha value is -4.00. The van der Waals surface area contributed by atoms with Gasteiger partial charge in [-0.1, -0.05) is 36.4 Å². The first-order chi connectivity index (χ1) is 14.6. The van der Waals surface area contributed by atoms with E-state index in [-0.39, 0.29) is 12.4 Å². The van der Waals surface area contributed by atoms with Crippen LogP contribution in [0.4, 0.5) is 5.69 Å². The fourth-order valence-corrected chi connectivity index (χ4v) is 3.01. The Labute approximate surface area is 173 Å². The van der Waals surface area contributed by atoms with E-state index in [1.807, 2.05) is 6.07 Å². The normalized spacial score (nSPS) is 12.7. The van der Waals surface area contributed by atoms with Gasteiger partial charge >= 0.3 is 5.97 Å². The highest BCUT2D eigenvalue weighted by molar-refractivity contribution is 5.98. The molecule has 1 heterocycles. The first kappa shape index (κ1) is 19.3. The van der Waals surface area contributed by atoms with E-state index in [4.69, 9.17) is 18.9 Å². The third kappa shape index (κ3) is 4.20. The second kappa shape index (κ2) is 8.57. The molecule has 1 N–H and O–H groups in total. The van der Waals surface area contributed by atoms with Crippen LogP contribution in [0.1, 0.15) is 22.0 Å². The van der Waals surface area contributed by atoms with Crippen LogP contribution in [0, 0.1) is 0 Å². The van der Waals surface area contributed by atoms with Gasteiger partial charge in [0.25, 0.3) is 5.91 Å². The van der Waals surface area contributed by atoms with Crippen molar-refractivity contribution in [3.8, 4) is 17.2 Å². The van der Waals surface area contributed by atoms with E-state index in [0.717, 1.165) is 0 Å². The van der Waals surface area contributed by atoms with Gasteiger partial charge in [-0.15, -0.1) is 0 Å². The second-order valence-electron chi connectivity index (χ2n) is 6.49. The number of amides is 1. The van der Waals surface area contributed by atoms with Gasteiger partial charge in [-0.3, -0.25) is 4.79 Å². The summed E-state index contributed by atoms with van der Waals surface area (Å²) in [7, 11) is 1.54. The van der Waals surface area contributed by atoms with Gasteiger partial charge in [-0.25, -0.2) is 4.79 Å². The van der Waals surface area contributed by atoms with Gasteiger partial charge in [0.2, 0.25) is 12.9 Å². The summed E-state index contributed by atoms with van der Waals surface area (Å²) in [6.45, 7) is 0.101. The summed E-state index contributed by atoms with van der Waals surface area (Å²) in [6.07, 6.45) is -1.14. The molecule has 3 aromatic carbocycles. The van der Waals surface area contributed by atoms with Gasteiger partial charge in [0.1, 0.15) is 5.75 Å². The Balaban J connectivity index is 1.56. The summed E-state index contributed by atoms with van der Waals surface area (Å²) in [6, 6.07) is 20.5. The minimum atomic E-state index is -1.14. The van der Waals surface area contributed by atoms with E-state index in [9.17, 15) is 9.59 Å². The number of esters is 1. The van der Waals surface area contributed by atoms with Crippen LogP contribution in [-0.4, -0.2) is 25.8 Å². The Kier molecular flexibility index (Phi) is 5.52. The summed E-state index contributed by atoms with van der Waals surface area (Å²) < 4.78 is 21.3. The van der Waals surface area contributed by atoms with Crippen molar-refractivity contribution in [1.82, 2.24) is 0 Å². The van der Waals surface area contributed by atoms with Gasteiger partial charge in [0, 0.05) is 17.3 Å². The fourth-order valence-electron chi connectivity index (χ4n) is 3.01. The first-order valence-corrected chi connectivity index (χ1v) is 9.24. The largest absolute Gasteiger partial charge is 0.497 e. The van der Waals surface area contributed by atoms with Crippen LogP contribution in [0.15, 0.2) is 72.8 Å². The molecule has 0 saturated heterocycles. The highest BCUT2D eigenvalue weighted by Gasteiger charge is 2.27. The molecular formula is C23H19NO6. The Morgan fingerprint density at radius 3 is 2.53 bits per heavy atom. The lowest BCUT2D eigenvalue weighted by atomic mass is 10.1. The Morgan fingerprint density at radius 2 is 1.73 bits per heavy atom. The minimum Gasteiger partial charge on any atom is -0.497 e. The van der Waals surface area contributed by atoms with Crippen molar-refractivity contribution in [3.63, 3.8) is 0 Å². The van der Waals surface area contributed by atoms with Crippen molar-refractivity contribution in [2.75, 3.05) is 19.2 Å². The lowest BCUT2D eigenvalue weighted by Gasteiger charge is -2.18. The molecule has 7 nitrogen and oxygen atoms in total. The molecule has 0 spiro atoms. The summed E-state index contributed by atoms with van der Waals surface area (Å²) in [4.78, 5) is 25.8. The molecule has 0 aliphatic carbocycles. The quantitative estimate of drug-likeness (QED) is 0.625. The number of benzene rings is 3. The van der Waals surface area contributed by atoms with Gasteiger partial charge in [-0.2, -0.15) is 0 Å². The highest BCUT2D eigenvalue weighted by Crippen LogP contribution is 2.33. The van der Waals surface area contributed by atoms with E-state index in [0.29, 0.717) is 28.5 Å². The lowest BCUT2D eigenvalue weighted by molar-refractivity contribution is -0.125. The maximum Gasteiger partial charge on any atom is 0.339 e. The molecule has 1 atom stereocenters. The van der Waals surface area contributed by atoms with E-state index in [1.165, 1.54) is 6.07 Å². The highest BCUT2D eigenvalue weighted by atomic mass is 16.7. The van der Waals surface area contributed by atoms with Crippen molar-refractivity contribution in [3.05, 3.63) is 83.9 Å². The number of anilines is 1. The predicted molar refractivity (Wildman–Crippen MR) is 109 cm³/mol. The van der Waals surface area contributed by atoms with Crippen LogP contribution in [0.5, 0.6) is 17.2 Å². The van der Waals surface area contributed by atoms with Crippen molar-refractivity contribution in [2.24, 2.45) is 0 Å². The van der Waals surface area contributed by atoms with Crippen LogP contribution >= 0.6 is 0 Å². The topological polar surface area (TPSA) is 83.1 Å². The number of carbonyl (C=O) groups is 2. The smallest absolute Gasteiger partial charge is 0.339 e.